The zero-order chi connectivity index (χ0) is 20.3. The minimum atomic E-state index is -0.318. The molecule has 144 valence electrons. The van der Waals surface area contributed by atoms with Gasteiger partial charge >= 0.3 is 0 Å². The second kappa shape index (κ2) is 8.04. The molecular weight excluding hydrogens is 356 g/mol. The van der Waals surface area contributed by atoms with Crippen molar-refractivity contribution in [1.29, 1.82) is 0 Å². The largest absolute Gasteiger partial charge is 0.350 e. The number of carbonyl (C=O) groups excluding carboxylic acids is 2. The quantitative estimate of drug-likeness (QED) is 0.712. The van der Waals surface area contributed by atoms with Gasteiger partial charge in [0.25, 0.3) is 11.5 Å². The second-order valence-corrected chi connectivity index (χ2v) is 6.82. The van der Waals surface area contributed by atoms with Crippen molar-refractivity contribution >= 4 is 28.3 Å². The molecule has 0 aliphatic carbocycles. The number of fused-ring (bicyclic) bond motifs is 1. The molecule has 0 aliphatic rings. The lowest BCUT2D eigenvalue weighted by molar-refractivity contribution is -0.115. The first-order valence-corrected chi connectivity index (χ1v) is 9.01. The SMILES string of the molecule is CC(C)NC(=O)c1ccccc1NC(=O)Cc1nn(C)c(=O)c2ccccc12. The Morgan fingerprint density at radius 2 is 1.68 bits per heavy atom. The van der Waals surface area contributed by atoms with Gasteiger partial charge in [0, 0.05) is 18.5 Å². The third-order valence-electron chi connectivity index (χ3n) is 4.23. The van der Waals surface area contributed by atoms with Gasteiger partial charge in [0.05, 0.1) is 28.8 Å². The van der Waals surface area contributed by atoms with Crippen LogP contribution in [0, 0.1) is 0 Å². The summed E-state index contributed by atoms with van der Waals surface area (Å²) in [5.41, 5.74) is 1.11. The molecule has 0 saturated carbocycles. The molecule has 0 fully saturated rings. The highest BCUT2D eigenvalue weighted by Gasteiger charge is 2.16. The van der Waals surface area contributed by atoms with Crippen molar-refractivity contribution in [2.75, 3.05) is 5.32 Å². The highest BCUT2D eigenvalue weighted by molar-refractivity contribution is 6.04. The van der Waals surface area contributed by atoms with E-state index >= 15 is 0 Å². The monoisotopic (exact) mass is 378 g/mol. The highest BCUT2D eigenvalue weighted by atomic mass is 16.2. The van der Waals surface area contributed by atoms with Crippen LogP contribution in [0.3, 0.4) is 0 Å². The molecule has 1 aromatic heterocycles. The zero-order valence-electron chi connectivity index (χ0n) is 16.0. The van der Waals surface area contributed by atoms with E-state index < -0.39 is 0 Å². The van der Waals surface area contributed by atoms with Gasteiger partial charge < -0.3 is 10.6 Å². The molecule has 0 aliphatic heterocycles. The lowest BCUT2D eigenvalue weighted by Crippen LogP contribution is -2.31. The van der Waals surface area contributed by atoms with Crippen LogP contribution in [0.2, 0.25) is 0 Å². The maximum absolute atomic E-state index is 12.6. The van der Waals surface area contributed by atoms with Crippen LogP contribution in [-0.4, -0.2) is 27.6 Å². The molecule has 1 heterocycles. The van der Waals surface area contributed by atoms with Crippen LogP contribution in [0.4, 0.5) is 5.69 Å². The Morgan fingerprint density at radius 1 is 1.04 bits per heavy atom. The summed E-state index contributed by atoms with van der Waals surface area (Å²) in [5.74, 6) is -0.572. The van der Waals surface area contributed by atoms with E-state index in [0.717, 1.165) is 0 Å². The molecule has 3 aromatic rings. The summed E-state index contributed by atoms with van der Waals surface area (Å²) < 4.78 is 1.23. The van der Waals surface area contributed by atoms with E-state index in [-0.39, 0.29) is 29.8 Å². The number of nitrogens with one attached hydrogen (secondary N) is 2. The molecule has 0 spiro atoms. The maximum atomic E-state index is 12.6. The third kappa shape index (κ3) is 4.09. The number of amides is 2. The van der Waals surface area contributed by atoms with Gasteiger partial charge in [0.15, 0.2) is 0 Å². The number of hydrogen-bond donors (Lipinski definition) is 2. The van der Waals surface area contributed by atoms with Gasteiger partial charge in [0.2, 0.25) is 5.91 Å². The van der Waals surface area contributed by atoms with Gasteiger partial charge in [-0.2, -0.15) is 5.10 Å². The van der Waals surface area contributed by atoms with Gasteiger partial charge in [-0.3, -0.25) is 14.4 Å². The Hall–Kier alpha value is -3.48. The highest BCUT2D eigenvalue weighted by Crippen LogP contribution is 2.17. The number of para-hydroxylation sites is 1. The Balaban J connectivity index is 1.87. The molecule has 3 rings (SSSR count). The van der Waals surface area contributed by atoms with Crippen LogP contribution >= 0.6 is 0 Å². The number of nitrogens with zero attached hydrogens (tertiary/aromatic N) is 2. The third-order valence-corrected chi connectivity index (χ3v) is 4.23. The molecule has 0 radical (unpaired) electrons. The van der Waals surface area contributed by atoms with Crippen LogP contribution in [0.5, 0.6) is 0 Å². The number of anilines is 1. The van der Waals surface area contributed by atoms with E-state index in [9.17, 15) is 14.4 Å². The molecule has 0 atom stereocenters. The molecule has 2 aromatic carbocycles. The molecule has 2 amide bonds. The van der Waals surface area contributed by atoms with E-state index in [4.69, 9.17) is 0 Å². The Labute approximate surface area is 162 Å². The molecule has 7 nitrogen and oxygen atoms in total. The van der Waals surface area contributed by atoms with Gasteiger partial charge in [-0.05, 0) is 32.0 Å². The molecule has 28 heavy (non-hydrogen) atoms. The summed E-state index contributed by atoms with van der Waals surface area (Å²) in [6.07, 6.45) is -0.0191. The van der Waals surface area contributed by atoms with E-state index in [1.165, 1.54) is 4.68 Å². The van der Waals surface area contributed by atoms with Crippen molar-refractivity contribution in [3.8, 4) is 0 Å². The topological polar surface area (TPSA) is 93.1 Å². The average Bonchev–Trinajstić information content (AvgIpc) is 2.65. The fourth-order valence-corrected chi connectivity index (χ4v) is 2.98. The number of benzene rings is 2. The van der Waals surface area contributed by atoms with Gasteiger partial charge in [0.1, 0.15) is 0 Å². The van der Waals surface area contributed by atoms with Gasteiger partial charge in [-0.15, -0.1) is 0 Å². The van der Waals surface area contributed by atoms with Crippen molar-refractivity contribution < 1.29 is 9.59 Å². The first-order valence-electron chi connectivity index (χ1n) is 9.01. The van der Waals surface area contributed by atoms with Crippen LogP contribution in [0.15, 0.2) is 53.3 Å². The summed E-state index contributed by atoms with van der Waals surface area (Å²) in [6.45, 7) is 3.74. The minimum Gasteiger partial charge on any atom is -0.350 e. The summed E-state index contributed by atoms with van der Waals surface area (Å²) in [7, 11) is 1.56. The first kappa shape index (κ1) is 19.3. The van der Waals surface area contributed by atoms with Crippen LogP contribution in [0.1, 0.15) is 29.9 Å². The van der Waals surface area contributed by atoms with Gasteiger partial charge in [-0.1, -0.05) is 30.3 Å². The lowest BCUT2D eigenvalue weighted by Gasteiger charge is -2.13. The Morgan fingerprint density at radius 3 is 2.39 bits per heavy atom. The van der Waals surface area contributed by atoms with E-state index in [2.05, 4.69) is 15.7 Å². The fourth-order valence-electron chi connectivity index (χ4n) is 2.98. The standard InChI is InChI=1S/C21H22N4O3/c1-13(2)22-20(27)16-10-6-7-11-17(16)23-19(26)12-18-14-8-4-5-9-15(14)21(28)25(3)24-18/h4-11,13H,12H2,1-3H3,(H,22,27)(H,23,26). The summed E-state index contributed by atoms with van der Waals surface area (Å²) in [4.78, 5) is 37.2. The minimum absolute atomic E-state index is 0.0163. The summed E-state index contributed by atoms with van der Waals surface area (Å²) in [6, 6.07) is 13.9. The van der Waals surface area contributed by atoms with Crippen molar-refractivity contribution in [3.05, 3.63) is 70.1 Å². The predicted octanol–water partition coefficient (Wildman–Crippen LogP) is 2.25. The van der Waals surface area contributed by atoms with Crippen molar-refractivity contribution in [2.45, 2.75) is 26.3 Å². The smallest absolute Gasteiger partial charge is 0.274 e. The molecular formula is C21H22N4O3. The van der Waals surface area contributed by atoms with Crippen LogP contribution < -0.4 is 16.2 Å². The second-order valence-electron chi connectivity index (χ2n) is 6.82. The Bertz CT molecular complexity index is 1100. The molecule has 0 bridgehead atoms. The van der Waals surface area contributed by atoms with E-state index in [1.54, 1.807) is 55.6 Å². The van der Waals surface area contributed by atoms with Crippen molar-refractivity contribution in [1.82, 2.24) is 15.1 Å². The van der Waals surface area contributed by atoms with Crippen LogP contribution in [0.25, 0.3) is 10.8 Å². The summed E-state index contributed by atoms with van der Waals surface area (Å²) >= 11 is 0. The molecule has 0 unspecified atom stereocenters. The summed E-state index contributed by atoms with van der Waals surface area (Å²) in [5, 5.41) is 11.0. The van der Waals surface area contributed by atoms with Gasteiger partial charge in [-0.25, -0.2) is 4.68 Å². The first-order chi connectivity index (χ1) is 13.4. The Kier molecular flexibility index (Phi) is 5.54. The van der Waals surface area contributed by atoms with E-state index in [1.807, 2.05) is 13.8 Å². The van der Waals surface area contributed by atoms with Crippen LogP contribution in [-0.2, 0) is 18.3 Å². The molecule has 0 saturated heterocycles. The van der Waals surface area contributed by atoms with Crippen molar-refractivity contribution in [3.63, 3.8) is 0 Å². The lowest BCUT2D eigenvalue weighted by atomic mass is 10.1. The number of hydrogen-bond acceptors (Lipinski definition) is 4. The number of carbonyl (C=O) groups is 2. The molecule has 2 N–H and O–H groups in total. The predicted molar refractivity (Wildman–Crippen MR) is 108 cm³/mol. The number of aromatic nitrogens is 2. The van der Waals surface area contributed by atoms with E-state index in [0.29, 0.717) is 27.7 Å². The van der Waals surface area contributed by atoms with Crippen molar-refractivity contribution in [2.24, 2.45) is 7.05 Å². The average molecular weight is 378 g/mol. The zero-order valence-corrected chi connectivity index (χ0v) is 16.0. The molecule has 7 heteroatoms. The maximum Gasteiger partial charge on any atom is 0.274 e. The number of rotatable bonds is 5. The fraction of sp³-hybridized carbons (Fsp3) is 0.238. The normalized spacial score (nSPS) is 10.9. The number of aryl methyl sites for hydroxylation is 1.